The standard InChI is InChI=1S/C33H35N3O5S2/c1-21-8-13-27-28(14-21)42-30(35-27)22-9-11-24(12-10-22)34-29(37)18-41-31(38)23-6-5-7-26(15-23)43(39,40)36-20-33(4)17-25(36)16-32(2,3)19-33/h5-15,25H,16-20H2,1-4H3,(H,34,37). The van der Waals surface area contributed by atoms with Crippen LogP contribution in [0.4, 0.5) is 5.69 Å². The molecule has 6 rings (SSSR count). The van der Waals surface area contributed by atoms with Crippen LogP contribution >= 0.6 is 11.3 Å². The number of hydrogen-bond acceptors (Lipinski definition) is 7. The average molecular weight is 618 g/mol. The summed E-state index contributed by atoms with van der Waals surface area (Å²) >= 11 is 1.61. The summed E-state index contributed by atoms with van der Waals surface area (Å²) in [6.45, 7) is 8.57. The fourth-order valence-electron chi connectivity index (χ4n) is 6.87. The second-order valence-corrected chi connectivity index (χ2v) is 15.9. The van der Waals surface area contributed by atoms with Crippen LogP contribution in [-0.4, -0.2) is 48.8 Å². The number of nitrogens with zero attached hydrogens (tertiary/aromatic N) is 2. The van der Waals surface area contributed by atoms with Crippen LogP contribution in [0.1, 0.15) is 56.0 Å². The maximum atomic E-state index is 13.7. The number of ether oxygens (including phenoxy) is 1. The van der Waals surface area contributed by atoms with E-state index in [1.807, 2.05) is 24.3 Å². The fourth-order valence-corrected chi connectivity index (χ4v) is 9.76. The van der Waals surface area contributed by atoms with Gasteiger partial charge in [0.05, 0.1) is 20.7 Å². The number of rotatable bonds is 7. The second-order valence-electron chi connectivity index (χ2n) is 13.0. The zero-order chi connectivity index (χ0) is 30.6. The molecule has 1 aromatic heterocycles. The first kappa shape index (κ1) is 29.5. The number of amides is 1. The van der Waals surface area contributed by atoms with E-state index in [0.29, 0.717) is 12.2 Å². The highest BCUT2D eigenvalue weighted by molar-refractivity contribution is 7.89. The van der Waals surface area contributed by atoms with Crippen molar-refractivity contribution in [3.63, 3.8) is 0 Å². The Morgan fingerprint density at radius 2 is 1.81 bits per heavy atom. The molecule has 1 amide bonds. The Morgan fingerprint density at radius 3 is 2.58 bits per heavy atom. The minimum absolute atomic E-state index is 0.0571. The van der Waals surface area contributed by atoms with Gasteiger partial charge in [-0.2, -0.15) is 4.31 Å². The Morgan fingerprint density at radius 1 is 1.05 bits per heavy atom. The van der Waals surface area contributed by atoms with Gasteiger partial charge in [0.15, 0.2) is 6.61 Å². The van der Waals surface area contributed by atoms with Crippen LogP contribution in [-0.2, 0) is 19.6 Å². The summed E-state index contributed by atoms with van der Waals surface area (Å²) in [6.07, 6.45) is 2.63. The van der Waals surface area contributed by atoms with Crippen molar-refractivity contribution < 1.29 is 22.7 Å². The van der Waals surface area contributed by atoms with E-state index in [0.717, 1.165) is 40.1 Å². The Bertz CT molecular complexity index is 1830. The molecule has 2 aliphatic rings. The number of esters is 1. The fraction of sp³-hybridized carbons (Fsp3) is 0.364. The van der Waals surface area contributed by atoms with Gasteiger partial charge < -0.3 is 10.1 Å². The lowest BCUT2D eigenvalue weighted by Crippen LogP contribution is -2.37. The number of fused-ring (bicyclic) bond motifs is 3. The van der Waals surface area contributed by atoms with Crippen molar-refractivity contribution in [3.8, 4) is 10.6 Å². The normalized spacial score (nSPS) is 21.5. The van der Waals surface area contributed by atoms with Gasteiger partial charge in [0.25, 0.3) is 5.91 Å². The van der Waals surface area contributed by atoms with E-state index in [2.05, 4.69) is 39.1 Å². The molecule has 1 aliphatic heterocycles. The first-order valence-corrected chi connectivity index (χ1v) is 16.6. The van der Waals surface area contributed by atoms with Crippen LogP contribution in [0.15, 0.2) is 71.6 Å². The lowest BCUT2D eigenvalue weighted by atomic mass is 9.65. The van der Waals surface area contributed by atoms with Crippen LogP contribution in [0.5, 0.6) is 0 Å². The highest BCUT2D eigenvalue weighted by Gasteiger charge is 2.53. The molecule has 2 heterocycles. The van der Waals surface area contributed by atoms with Gasteiger partial charge in [-0.1, -0.05) is 32.9 Å². The zero-order valence-electron chi connectivity index (χ0n) is 24.7. The van der Waals surface area contributed by atoms with Crippen molar-refractivity contribution in [1.29, 1.82) is 0 Å². The van der Waals surface area contributed by atoms with E-state index < -0.39 is 28.5 Å². The van der Waals surface area contributed by atoms with Crippen molar-refractivity contribution in [2.45, 2.75) is 57.9 Å². The summed E-state index contributed by atoms with van der Waals surface area (Å²) in [7, 11) is -3.80. The summed E-state index contributed by atoms with van der Waals surface area (Å²) in [6, 6.07) is 19.3. The van der Waals surface area contributed by atoms with Crippen molar-refractivity contribution in [2.24, 2.45) is 10.8 Å². The number of hydrogen-bond donors (Lipinski definition) is 1. The number of carbonyl (C=O) groups excluding carboxylic acids is 2. The van der Waals surface area contributed by atoms with Gasteiger partial charge >= 0.3 is 5.97 Å². The number of aromatic nitrogens is 1. The van der Waals surface area contributed by atoms with Crippen LogP contribution < -0.4 is 5.32 Å². The van der Waals surface area contributed by atoms with E-state index in [1.165, 1.54) is 29.8 Å². The van der Waals surface area contributed by atoms with Crippen molar-refractivity contribution in [1.82, 2.24) is 9.29 Å². The molecule has 8 nitrogen and oxygen atoms in total. The number of sulfonamides is 1. The van der Waals surface area contributed by atoms with Gasteiger partial charge in [-0.25, -0.2) is 18.2 Å². The molecular weight excluding hydrogens is 583 g/mol. The summed E-state index contributed by atoms with van der Waals surface area (Å²) in [5.74, 6) is -1.26. The smallest absolute Gasteiger partial charge is 0.338 e. The third kappa shape index (κ3) is 6.09. The maximum Gasteiger partial charge on any atom is 0.338 e. The molecule has 10 heteroatoms. The molecule has 0 spiro atoms. The highest BCUT2D eigenvalue weighted by Crippen LogP contribution is 2.53. The van der Waals surface area contributed by atoms with E-state index in [1.54, 1.807) is 27.8 Å². The molecule has 1 saturated carbocycles. The molecular formula is C33H35N3O5S2. The van der Waals surface area contributed by atoms with E-state index in [9.17, 15) is 18.0 Å². The van der Waals surface area contributed by atoms with Crippen molar-refractivity contribution in [3.05, 3.63) is 77.9 Å². The van der Waals surface area contributed by atoms with E-state index >= 15 is 0 Å². The number of nitrogens with one attached hydrogen (secondary N) is 1. The third-order valence-electron chi connectivity index (χ3n) is 8.34. The third-order valence-corrected chi connectivity index (χ3v) is 11.3. The summed E-state index contributed by atoms with van der Waals surface area (Å²) in [5.41, 5.74) is 3.73. The number of aryl methyl sites for hydroxylation is 1. The molecule has 43 heavy (non-hydrogen) atoms. The first-order chi connectivity index (χ1) is 20.3. The predicted octanol–water partition coefficient (Wildman–Crippen LogP) is 6.66. The number of benzene rings is 3. The SMILES string of the molecule is Cc1ccc2nc(-c3ccc(NC(=O)COC(=O)c4cccc(S(=O)(=O)N5CC6(C)CC5CC(C)(C)C6)c4)cc3)sc2c1. The summed E-state index contributed by atoms with van der Waals surface area (Å²) < 4.78 is 35.3. The maximum absolute atomic E-state index is 13.7. The van der Waals surface area contributed by atoms with Crippen LogP contribution in [0.3, 0.4) is 0 Å². The molecule has 2 unspecified atom stereocenters. The average Bonchev–Trinajstić information content (AvgIpc) is 3.48. The van der Waals surface area contributed by atoms with Crippen molar-refractivity contribution >= 4 is 49.1 Å². The zero-order valence-corrected chi connectivity index (χ0v) is 26.3. The lowest BCUT2D eigenvalue weighted by Gasteiger charge is -2.39. The largest absolute Gasteiger partial charge is 0.452 e. The van der Waals surface area contributed by atoms with E-state index in [4.69, 9.17) is 9.72 Å². The quantitative estimate of drug-likeness (QED) is 0.233. The Hall–Kier alpha value is -3.60. The highest BCUT2D eigenvalue weighted by atomic mass is 32.2. The minimum Gasteiger partial charge on any atom is -0.452 e. The van der Waals surface area contributed by atoms with Crippen LogP contribution in [0, 0.1) is 17.8 Å². The molecule has 4 aromatic rings. The van der Waals surface area contributed by atoms with Crippen LogP contribution in [0.2, 0.25) is 0 Å². The van der Waals surface area contributed by atoms with Gasteiger partial charge in [-0.15, -0.1) is 11.3 Å². The van der Waals surface area contributed by atoms with Gasteiger partial charge in [-0.05, 0) is 97.2 Å². The first-order valence-electron chi connectivity index (χ1n) is 14.4. The van der Waals surface area contributed by atoms with Gasteiger partial charge in [-0.3, -0.25) is 4.79 Å². The molecule has 2 fully saturated rings. The molecule has 1 saturated heterocycles. The Balaban J connectivity index is 1.07. The van der Waals surface area contributed by atoms with Gasteiger partial charge in [0.2, 0.25) is 10.0 Å². The number of thiazole rings is 1. The summed E-state index contributed by atoms with van der Waals surface area (Å²) in [5, 5.41) is 3.62. The van der Waals surface area contributed by atoms with Gasteiger partial charge in [0, 0.05) is 23.8 Å². The molecule has 2 atom stereocenters. The lowest BCUT2D eigenvalue weighted by molar-refractivity contribution is -0.119. The minimum atomic E-state index is -3.80. The van der Waals surface area contributed by atoms with E-state index in [-0.39, 0.29) is 27.3 Å². The van der Waals surface area contributed by atoms with Crippen molar-refractivity contribution in [2.75, 3.05) is 18.5 Å². The summed E-state index contributed by atoms with van der Waals surface area (Å²) in [4.78, 5) is 30.1. The van der Waals surface area contributed by atoms with Crippen LogP contribution in [0.25, 0.3) is 20.8 Å². The topological polar surface area (TPSA) is 106 Å². The number of carbonyl (C=O) groups is 2. The predicted molar refractivity (Wildman–Crippen MR) is 169 cm³/mol. The molecule has 1 N–H and O–H groups in total. The molecule has 0 radical (unpaired) electrons. The Labute approximate surface area is 256 Å². The molecule has 1 aliphatic carbocycles. The monoisotopic (exact) mass is 617 g/mol. The molecule has 3 aromatic carbocycles. The Kier molecular flexibility index (Phi) is 7.43. The van der Waals surface area contributed by atoms with Gasteiger partial charge in [0.1, 0.15) is 5.01 Å². The molecule has 224 valence electrons. The molecule has 2 bridgehead atoms. The number of anilines is 1. The second kappa shape index (κ2) is 10.8.